The highest BCUT2D eigenvalue weighted by Crippen LogP contribution is 2.36. The lowest BCUT2D eigenvalue weighted by Crippen LogP contribution is -2.36. The van der Waals surface area contributed by atoms with Gasteiger partial charge in [-0.2, -0.15) is 0 Å². The highest BCUT2D eigenvalue weighted by Gasteiger charge is 2.28. The number of ether oxygens (including phenoxy) is 1. The molecule has 1 aliphatic rings. The first-order valence-corrected chi connectivity index (χ1v) is 6.51. The second-order valence-electron chi connectivity index (χ2n) is 4.85. The molecule has 0 N–H and O–H groups in total. The molecule has 0 spiro atoms. The number of hydrogen-bond donors (Lipinski definition) is 0. The Balaban J connectivity index is 2.06. The zero-order chi connectivity index (χ0) is 11.1. The van der Waals surface area contributed by atoms with Gasteiger partial charge in [0.05, 0.1) is 0 Å². The molecule has 2 nitrogen and oxygen atoms in total. The lowest BCUT2D eigenvalue weighted by atomic mass is 9.73. The summed E-state index contributed by atoms with van der Waals surface area (Å²) < 4.78 is 5.09. The van der Waals surface area contributed by atoms with E-state index in [0.29, 0.717) is 0 Å². The summed E-state index contributed by atoms with van der Waals surface area (Å²) in [5.41, 5.74) is 0. The predicted molar refractivity (Wildman–Crippen MR) is 65.1 cm³/mol. The summed E-state index contributed by atoms with van der Waals surface area (Å²) in [6.45, 7) is 9.20. The standard InChI is InChI=1S/C13H27NO/c1-4-12-9-13(10-12)11-14(5-2)7-6-8-15-3/h12-13H,4-11H2,1-3H3. The van der Waals surface area contributed by atoms with E-state index in [-0.39, 0.29) is 0 Å². The summed E-state index contributed by atoms with van der Waals surface area (Å²) in [4.78, 5) is 2.58. The Morgan fingerprint density at radius 3 is 2.47 bits per heavy atom. The van der Waals surface area contributed by atoms with Gasteiger partial charge in [0.1, 0.15) is 0 Å². The molecule has 0 aliphatic heterocycles. The number of nitrogens with zero attached hydrogens (tertiary/aromatic N) is 1. The molecule has 1 rings (SSSR count). The highest BCUT2D eigenvalue weighted by molar-refractivity contribution is 4.80. The fourth-order valence-electron chi connectivity index (χ4n) is 2.53. The third-order valence-electron chi connectivity index (χ3n) is 3.70. The fourth-order valence-corrected chi connectivity index (χ4v) is 2.53. The molecule has 0 amide bonds. The Hall–Kier alpha value is -0.0800. The van der Waals surface area contributed by atoms with Crippen molar-refractivity contribution in [2.75, 3.05) is 33.4 Å². The Bertz CT molecular complexity index is 155. The van der Waals surface area contributed by atoms with E-state index in [2.05, 4.69) is 18.7 Å². The number of methoxy groups -OCH3 is 1. The van der Waals surface area contributed by atoms with Gasteiger partial charge >= 0.3 is 0 Å². The minimum Gasteiger partial charge on any atom is -0.385 e. The van der Waals surface area contributed by atoms with Gasteiger partial charge in [-0.15, -0.1) is 0 Å². The van der Waals surface area contributed by atoms with E-state index in [0.717, 1.165) is 18.4 Å². The first-order valence-electron chi connectivity index (χ1n) is 6.51. The summed E-state index contributed by atoms with van der Waals surface area (Å²) in [6, 6.07) is 0. The largest absolute Gasteiger partial charge is 0.385 e. The quantitative estimate of drug-likeness (QED) is 0.575. The van der Waals surface area contributed by atoms with Crippen molar-refractivity contribution in [3.8, 4) is 0 Å². The summed E-state index contributed by atoms with van der Waals surface area (Å²) in [5.74, 6) is 2.02. The van der Waals surface area contributed by atoms with Crippen molar-refractivity contribution in [2.45, 2.75) is 39.5 Å². The van der Waals surface area contributed by atoms with Gasteiger partial charge in [0.15, 0.2) is 0 Å². The van der Waals surface area contributed by atoms with E-state index in [4.69, 9.17) is 4.74 Å². The second-order valence-corrected chi connectivity index (χ2v) is 4.85. The maximum Gasteiger partial charge on any atom is 0.0474 e. The fraction of sp³-hybridized carbons (Fsp3) is 1.00. The average Bonchev–Trinajstić information content (AvgIpc) is 2.20. The van der Waals surface area contributed by atoms with Crippen LogP contribution in [0.4, 0.5) is 0 Å². The highest BCUT2D eigenvalue weighted by atomic mass is 16.5. The Labute approximate surface area is 95.0 Å². The van der Waals surface area contributed by atoms with Crippen LogP contribution < -0.4 is 0 Å². The molecule has 1 fully saturated rings. The van der Waals surface area contributed by atoms with Gasteiger partial charge in [-0.05, 0) is 37.6 Å². The molecule has 15 heavy (non-hydrogen) atoms. The van der Waals surface area contributed by atoms with Crippen LogP contribution in [0.3, 0.4) is 0 Å². The number of rotatable bonds is 8. The maximum absolute atomic E-state index is 5.09. The zero-order valence-corrected chi connectivity index (χ0v) is 10.7. The van der Waals surface area contributed by atoms with Gasteiger partial charge in [-0.3, -0.25) is 0 Å². The molecule has 0 aromatic carbocycles. The normalized spacial score (nSPS) is 25.6. The summed E-state index contributed by atoms with van der Waals surface area (Å²) >= 11 is 0. The zero-order valence-electron chi connectivity index (χ0n) is 10.7. The van der Waals surface area contributed by atoms with Crippen LogP contribution in [0, 0.1) is 11.8 Å². The third kappa shape index (κ3) is 4.52. The van der Waals surface area contributed by atoms with Crippen molar-refractivity contribution in [2.24, 2.45) is 11.8 Å². The van der Waals surface area contributed by atoms with Crippen molar-refractivity contribution in [1.29, 1.82) is 0 Å². The molecule has 0 heterocycles. The summed E-state index contributed by atoms with van der Waals surface area (Å²) in [6.07, 6.45) is 5.50. The van der Waals surface area contributed by atoms with E-state index in [9.17, 15) is 0 Å². The molecule has 0 saturated heterocycles. The topological polar surface area (TPSA) is 12.5 Å². The Morgan fingerprint density at radius 1 is 1.20 bits per heavy atom. The third-order valence-corrected chi connectivity index (χ3v) is 3.70. The Morgan fingerprint density at radius 2 is 1.93 bits per heavy atom. The summed E-state index contributed by atoms with van der Waals surface area (Å²) in [5, 5.41) is 0. The van der Waals surface area contributed by atoms with Gasteiger partial charge in [-0.1, -0.05) is 20.3 Å². The van der Waals surface area contributed by atoms with Gasteiger partial charge in [-0.25, -0.2) is 0 Å². The van der Waals surface area contributed by atoms with Crippen LogP contribution in [-0.4, -0.2) is 38.3 Å². The molecule has 0 aromatic rings. The lowest BCUT2D eigenvalue weighted by Gasteiger charge is -2.38. The van der Waals surface area contributed by atoms with Gasteiger partial charge in [0.25, 0.3) is 0 Å². The maximum atomic E-state index is 5.09. The van der Waals surface area contributed by atoms with Crippen LogP contribution in [-0.2, 0) is 4.74 Å². The predicted octanol–water partition coefficient (Wildman–Crippen LogP) is 2.78. The van der Waals surface area contributed by atoms with Crippen LogP contribution >= 0.6 is 0 Å². The van der Waals surface area contributed by atoms with E-state index in [1.165, 1.54) is 45.3 Å². The van der Waals surface area contributed by atoms with Crippen molar-refractivity contribution >= 4 is 0 Å². The molecular weight excluding hydrogens is 186 g/mol. The van der Waals surface area contributed by atoms with Gasteiger partial charge in [0, 0.05) is 26.8 Å². The molecule has 0 bridgehead atoms. The smallest absolute Gasteiger partial charge is 0.0474 e. The molecule has 0 radical (unpaired) electrons. The molecule has 0 atom stereocenters. The molecule has 1 saturated carbocycles. The molecule has 2 heteroatoms. The first kappa shape index (κ1) is 13.0. The monoisotopic (exact) mass is 213 g/mol. The van der Waals surface area contributed by atoms with Crippen LogP contribution in [0.15, 0.2) is 0 Å². The van der Waals surface area contributed by atoms with E-state index >= 15 is 0 Å². The van der Waals surface area contributed by atoms with E-state index in [1.54, 1.807) is 7.11 Å². The molecule has 0 unspecified atom stereocenters. The van der Waals surface area contributed by atoms with Gasteiger partial charge in [0.2, 0.25) is 0 Å². The second kappa shape index (κ2) is 7.24. The van der Waals surface area contributed by atoms with Crippen LogP contribution in [0.1, 0.15) is 39.5 Å². The SMILES string of the molecule is CCC1CC(CN(CC)CCCOC)C1. The number of hydrogen-bond acceptors (Lipinski definition) is 2. The lowest BCUT2D eigenvalue weighted by molar-refractivity contribution is 0.114. The van der Waals surface area contributed by atoms with Crippen LogP contribution in [0.25, 0.3) is 0 Å². The van der Waals surface area contributed by atoms with Crippen molar-refractivity contribution < 1.29 is 4.74 Å². The van der Waals surface area contributed by atoms with Crippen LogP contribution in [0.2, 0.25) is 0 Å². The average molecular weight is 213 g/mol. The van der Waals surface area contributed by atoms with Crippen molar-refractivity contribution in [3.05, 3.63) is 0 Å². The Kier molecular flexibility index (Phi) is 6.26. The van der Waals surface area contributed by atoms with E-state index in [1.807, 2.05) is 0 Å². The molecular formula is C13H27NO. The van der Waals surface area contributed by atoms with Crippen molar-refractivity contribution in [1.82, 2.24) is 4.90 Å². The minimum absolute atomic E-state index is 0.902. The molecule has 90 valence electrons. The van der Waals surface area contributed by atoms with Crippen molar-refractivity contribution in [3.63, 3.8) is 0 Å². The summed E-state index contributed by atoms with van der Waals surface area (Å²) in [7, 11) is 1.79. The van der Waals surface area contributed by atoms with E-state index < -0.39 is 0 Å². The minimum atomic E-state index is 0.902. The van der Waals surface area contributed by atoms with Crippen LogP contribution in [0.5, 0.6) is 0 Å². The van der Waals surface area contributed by atoms with Gasteiger partial charge < -0.3 is 9.64 Å². The molecule has 0 aromatic heterocycles. The first-order chi connectivity index (χ1) is 7.30. The molecule has 1 aliphatic carbocycles.